The molecule has 0 saturated carbocycles. The normalized spacial score (nSPS) is 11.5. The highest BCUT2D eigenvalue weighted by molar-refractivity contribution is 5.83. The van der Waals surface area contributed by atoms with Crippen molar-refractivity contribution in [3.8, 4) is 5.75 Å². The zero-order chi connectivity index (χ0) is 12.1. The molecule has 0 bridgehead atoms. The first-order valence-corrected chi connectivity index (χ1v) is 5.63. The predicted octanol–water partition coefficient (Wildman–Crippen LogP) is 3.59. The molecule has 0 aliphatic heterocycles. The van der Waals surface area contributed by atoms with Gasteiger partial charge in [-0.3, -0.25) is 0 Å². The summed E-state index contributed by atoms with van der Waals surface area (Å²) in [6.07, 6.45) is 0. The summed E-state index contributed by atoms with van der Waals surface area (Å²) >= 11 is 0. The Morgan fingerprint density at radius 2 is 1.88 bits per heavy atom. The fourth-order valence-electron chi connectivity index (χ4n) is 1.58. The van der Waals surface area contributed by atoms with Crippen LogP contribution in [0.3, 0.4) is 0 Å². The number of ether oxygens (including phenoxy) is 1. The number of oxime groups is 1. The van der Waals surface area contributed by atoms with Crippen molar-refractivity contribution in [3.63, 3.8) is 0 Å². The van der Waals surface area contributed by atoms with E-state index in [0.29, 0.717) is 18.3 Å². The number of rotatable bonds is 3. The zero-order valence-corrected chi connectivity index (χ0v) is 10.0. The van der Waals surface area contributed by atoms with Crippen LogP contribution in [0, 0.1) is 0 Å². The summed E-state index contributed by atoms with van der Waals surface area (Å²) in [5, 5.41) is 6.20. The molecule has 88 valence electrons. The Morgan fingerprint density at radius 3 is 2.65 bits per heavy atom. The van der Waals surface area contributed by atoms with Gasteiger partial charge in [-0.05, 0) is 35.0 Å². The Bertz CT molecular complexity index is 534. The number of hydrogen-bond donors (Lipinski definition) is 0. The van der Waals surface area contributed by atoms with Gasteiger partial charge >= 0.3 is 0 Å². The largest absolute Gasteiger partial charge is 0.479 e. The van der Waals surface area contributed by atoms with E-state index in [0.717, 1.165) is 5.39 Å². The van der Waals surface area contributed by atoms with E-state index in [4.69, 9.17) is 9.57 Å². The van der Waals surface area contributed by atoms with E-state index in [9.17, 15) is 0 Å². The van der Waals surface area contributed by atoms with Gasteiger partial charge in [-0.15, -0.1) is 0 Å². The molecule has 0 aliphatic rings. The quantitative estimate of drug-likeness (QED) is 0.457. The van der Waals surface area contributed by atoms with E-state index in [1.807, 2.05) is 43.3 Å². The fourth-order valence-corrected chi connectivity index (χ4v) is 1.58. The molecular weight excluding hydrogens is 214 g/mol. The minimum Gasteiger partial charge on any atom is -0.479 e. The lowest BCUT2D eigenvalue weighted by atomic mass is 10.1. The fraction of sp³-hybridized carbons (Fsp3) is 0.214. The van der Waals surface area contributed by atoms with Crippen molar-refractivity contribution in [1.82, 2.24) is 0 Å². The third kappa shape index (κ3) is 2.97. The van der Waals surface area contributed by atoms with Crippen LogP contribution in [0.2, 0.25) is 0 Å². The topological polar surface area (TPSA) is 30.8 Å². The van der Waals surface area contributed by atoms with Crippen LogP contribution in [0.5, 0.6) is 5.75 Å². The van der Waals surface area contributed by atoms with Crippen LogP contribution in [-0.2, 0) is 4.74 Å². The highest BCUT2D eigenvalue weighted by Gasteiger charge is 1.97. The van der Waals surface area contributed by atoms with Crippen molar-refractivity contribution in [2.75, 3.05) is 6.61 Å². The Labute approximate surface area is 101 Å². The monoisotopic (exact) mass is 229 g/mol. The van der Waals surface area contributed by atoms with E-state index in [1.54, 1.807) is 6.92 Å². The first-order chi connectivity index (χ1) is 8.29. The molecule has 3 heteroatoms. The number of benzene rings is 2. The molecule has 0 aromatic heterocycles. The first-order valence-electron chi connectivity index (χ1n) is 5.63. The number of nitrogens with zero attached hydrogens (tertiary/aromatic N) is 1. The average molecular weight is 229 g/mol. The van der Waals surface area contributed by atoms with Crippen LogP contribution in [0.15, 0.2) is 47.6 Å². The molecule has 0 radical (unpaired) electrons. The van der Waals surface area contributed by atoms with Crippen molar-refractivity contribution in [3.05, 3.63) is 42.5 Å². The summed E-state index contributed by atoms with van der Waals surface area (Å²) in [4.78, 5) is 5.29. The van der Waals surface area contributed by atoms with Crippen molar-refractivity contribution in [2.45, 2.75) is 13.8 Å². The maximum Gasteiger partial charge on any atom is 0.223 e. The van der Waals surface area contributed by atoms with Crippen LogP contribution in [0.4, 0.5) is 0 Å². The van der Waals surface area contributed by atoms with Crippen molar-refractivity contribution >= 4 is 16.7 Å². The van der Waals surface area contributed by atoms with Gasteiger partial charge in [0.2, 0.25) is 5.90 Å². The summed E-state index contributed by atoms with van der Waals surface area (Å²) in [5.41, 5.74) is 0. The molecule has 17 heavy (non-hydrogen) atoms. The molecule has 0 fully saturated rings. The third-order valence-electron chi connectivity index (χ3n) is 2.35. The van der Waals surface area contributed by atoms with E-state index in [-0.39, 0.29) is 0 Å². The molecule has 0 N–H and O–H groups in total. The van der Waals surface area contributed by atoms with E-state index in [1.165, 1.54) is 5.39 Å². The Balaban J connectivity index is 2.17. The first kappa shape index (κ1) is 11.5. The molecule has 0 spiro atoms. The predicted molar refractivity (Wildman–Crippen MR) is 69.3 cm³/mol. The van der Waals surface area contributed by atoms with E-state index < -0.39 is 0 Å². The second-order valence-corrected chi connectivity index (χ2v) is 3.64. The van der Waals surface area contributed by atoms with Crippen molar-refractivity contribution in [1.29, 1.82) is 0 Å². The Kier molecular flexibility index (Phi) is 3.60. The average Bonchev–Trinajstić information content (AvgIpc) is 2.36. The van der Waals surface area contributed by atoms with Gasteiger partial charge < -0.3 is 9.57 Å². The van der Waals surface area contributed by atoms with Crippen LogP contribution >= 0.6 is 0 Å². The molecular formula is C14H15NO2. The van der Waals surface area contributed by atoms with Crippen molar-refractivity contribution < 1.29 is 9.57 Å². The summed E-state index contributed by atoms with van der Waals surface area (Å²) in [5.74, 6) is 1.24. The number of fused-ring (bicyclic) bond motifs is 1. The second-order valence-electron chi connectivity index (χ2n) is 3.64. The Hall–Kier alpha value is -2.03. The third-order valence-corrected chi connectivity index (χ3v) is 2.35. The summed E-state index contributed by atoms with van der Waals surface area (Å²) in [6.45, 7) is 4.27. The van der Waals surface area contributed by atoms with Gasteiger partial charge in [-0.2, -0.15) is 0 Å². The zero-order valence-electron chi connectivity index (χ0n) is 10.0. The minimum absolute atomic E-state index is 0.528. The summed E-state index contributed by atoms with van der Waals surface area (Å²) in [6, 6.07) is 14.0. The van der Waals surface area contributed by atoms with Gasteiger partial charge in [0.1, 0.15) is 0 Å². The van der Waals surface area contributed by atoms with Gasteiger partial charge in [-0.25, -0.2) is 0 Å². The lowest BCUT2D eigenvalue weighted by molar-refractivity contribution is 0.276. The van der Waals surface area contributed by atoms with E-state index >= 15 is 0 Å². The van der Waals surface area contributed by atoms with Gasteiger partial charge in [0.15, 0.2) is 5.75 Å². The molecule has 2 rings (SSSR count). The SMILES string of the molecule is CCO/C(C)=N/Oc1ccc2ccccc2c1. The molecule has 0 atom stereocenters. The maximum atomic E-state index is 5.29. The maximum absolute atomic E-state index is 5.29. The van der Waals surface area contributed by atoms with Gasteiger partial charge in [-0.1, -0.05) is 30.3 Å². The van der Waals surface area contributed by atoms with Crippen LogP contribution in [-0.4, -0.2) is 12.5 Å². The smallest absolute Gasteiger partial charge is 0.223 e. The summed E-state index contributed by atoms with van der Waals surface area (Å²) in [7, 11) is 0. The molecule has 2 aromatic rings. The Morgan fingerprint density at radius 1 is 1.12 bits per heavy atom. The molecule has 0 saturated heterocycles. The van der Waals surface area contributed by atoms with Crippen LogP contribution < -0.4 is 4.84 Å². The number of hydrogen-bond acceptors (Lipinski definition) is 3. The molecule has 3 nitrogen and oxygen atoms in total. The van der Waals surface area contributed by atoms with E-state index in [2.05, 4.69) is 11.2 Å². The van der Waals surface area contributed by atoms with Crippen LogP contribution in [0.1, 0.15) is 13.8 Å². The molecule has 0 heterocycles. The second kappa shape index (κ2) is 5.34. The molecule has 0 unspecified atom stereocenters. The summed E-state index contributed by atoms with van der Waals surface area (Å²) < 4.78 is 5.18. The van der Waals surface area contributed by atoms with Crippen molar-refractivity contribution in [2.24, 2.45) is 5.16 Å². The molecule has 2 aromatic carbocycles. The van der Waals surface area contributed by atoms with Gasteiger partial charge in [0.25, 0.3) is 0 Å². The minimum atomic E-state index is 0.528. The highest BCUT2D eigenvalue weighted by Crippen LogP contribution is 2.20. The van der Waals surface area contributed by atoms with Gasteiger partial charge in [0, 0.05) is 6.92 Å². The molecule has 0 aliphatic carbocycles. The van der Waals surface area contributed by atoms with Crippen LogP contribution in [0.25, 0.3) is 10.8 Å². The lowest BCUT2D eigenvalue weighted by Gasteiger charge is -2.03. The lowest BCUT2D eigenvalue weighted by Crippen LogP contribution is -2.00. The molecule has 0 amide bonds. The van der Waals surface area contributed by atoms with Gasteiger partial charge in [0.05, 0.1) is 6.61 Å². The standard InChI is InChI=1S/C14H15NO2/c1-3-16-11(2)15-17-14-9-8-12-6-4-5-7-13(12)10-14/h4-10H,3H2,1-2H3/b15-11+. The highest BCUT2D eigenvalue weighted by atomic mass is 16.6.